The van der Waals surface area contributed by atoms with Gasteiger partial charge in [0.25, 0.3) is 0 Å². The average molecular weight is 173 g/mol. The molecule has 0 aromatic carbocycles. The van der Waals surface area contributed by atoms with Crippen LogP contribution in [0.15, 0.2) is 23.6 Å². The second-order valence-electron chi connectivity index (χ2n) is 2.24. The van der Waals surface area contributed by atoms with E-state index in [1.165, 1.54) is 0 Å². The molecule has 0 aromatic rings. The lowest BCUT2D eigenvalue weighted by Gasteiger charge is -2.08. The molecule has 0 fully saturated rings. The predicted octanol–water partition coefficient (Wildman–Crippen LogP) is 0.956. The van der Waals surface area contributed by atoms with Crippen molar-refractivity contribution in [2.24, 2.45) is 0 Å². The van der Waals surface area contributed by atoms with Crippen molar-refractivity contribution in [3.05, 3.63) is 23.6 Å². The first kappa shape index (κ1) is 10.8. The van der Waals surface area contributed by atoms with Gasteiger partial charge in [-0.2, -0.15) is 0 Å². The lowest BCUT2D eigenvalue weighted by atomic mass is 10.2. The monoisotopic (exact) mass is 173 g/mol. The number of allylic oxidation sites excluding steroid dienone is 2. The minimum absolute atomic E-state index is 0.469. The molecule has 2 N–H and O–H groups in total. The molecule has 0 aliphatic carbocycles. The van der Waals surface area contributed by atoms with E-state index in [2.05, 4.69) is 24.5 Å². The molecule has 0 heterocycles. The Bertz CT molecular complexity index is 145. The summed E-state index contributed by atoms with van der Waals surface area (Å²) in [5, 5.41) is 12.3. The second kappa shape index (κ2) is 6.46. The normalized spacial score (nSPS) is 14.6. The van der Waals surface area contributed by atoms with Crippen LogP contribution in [-0.2, 0) is 0 Å². The highest BCUT2D eigenvalue weighted by Crippen LogP contribution is 2.09. The zero-order valence-corrected chi connectivity index (χ0v) is 7.64. The average Bonchev–Trinajstić information content (AvgIpc) is 2.00. The summed E-state index contributed by atoms with van der Waals surface area (Å²) in [6, 6.07) is 0. The van der Waals surface area contributed by atoms with Crippen molar-refractivity contribution in [2.75, 3.05) is 13.6 Å². The number of hydrogen-bond donors (Lipinski definition) is 3. The van der Waals surface area contributed by atoms with Crippen LogP contribution in [0.4, 0.5) is 0 Å². The van der Waals surface area contributed by atoms with E-state index in [9.17, 15) is 5.11 Å². The van der Waals surface area contributed by atoms with Crippen LogP contribution in [0.5, 0.6) is 0 Å². The first-order chi connectivity index (χ1) is 5.22. The van der Waals surface area contributed by atoms with Gasteiger partial charge in [-0.1, -0.05) is 18.7 Å². The fourth-order valence-electron chi connectivity index (χ4n) is 0.661. The Balaban J connectivity index is 3.72. The fraction of sp³-hybridized carbons (Fsp3) is 0.500. The van der Waals surface area contributed by atoms with Gasteiger partial charge in [0.05, 0.1) is 6.10 Å². The van der Waals surface area contributed by atoms with E-state index in [0.717, 1.165) is 6.54 Å². The number of aliphatic hydroxyl groups excluding tert-OH is 1. The summed E-state index contributed by atoms with van der Waals surface area (Å²) in [5.74, 6) is 0. The smallest absolute Gasteiger partial charge is 0.0857 e. The molecule has 1 unspecified atom stereocenters. The first-order valence-electron chi connectivity index (χ1n) is 3.56. The maximum atomic E-state index is 9.35. The van der Waals surface area contributed by atoms with Crippen molar-refractivity contribution < 1.29 is 5.11 Å². The molecule has 0 amide bonds. The van der Waals surface area contributed by atoms with Crippen molar-refractivity contribution in [3.8, 4) is 0 Å². The highest BCUT2D eigenvalue weighted by atomic mass is 32.1. The van der Waals surface area contributed by atoms with Crippen LogP contribution >= 0.6 is 12.6 Å². The molecule has 0 aliphatic rings. The van der Waals surface area contributed by atoms with Gasteiger partial charge in [-0.15, -0.1) is 12.6 Å². The van der Waals surface area contributed by atoms with Gasteiger partial charge in [0.15, 0.2) is 0 Å². The van der Waals surface area contributed by atoms with Crippen molar-refractivity contribution in [1.82, 2.24) is 5.32 Å². The summed E-state index contributed by atoms with van der Waals surface area (Å²) >= 11 is 4.09. The third-order valence-electron chi connectivity index (χ3n) is 1.30. The maximum absolute atomic E-state index is 9.35. The maximum Gasteiger partial charge on any atom is 0.0857 e. The van der Waals surface area contributed by atoms with Gasteiger partial charge < -0.3 is 10.4 Å². The van der Waals surface area contributed by atoms with E-state index in [0.29, 0.717) is 11.3 Å². The summed E-state index contributed by atoms with van der Waals surface area (Å²) in [4.78, 5) is 0.662. The molecule has 1 atom stereocenters. The summed E-state index contributed by atoms with van der Waals surface area (Å²) in [6.45, 7) is 4.30. The van der Waals surface area contributed by atoms with Gasteiger partial charge in [0.2, 0.25) is 0 Å². The van der Waals surface area contributed by atoms with E-state index in [1.54, 1.807) is 12.2 Å². The van der Waals surface area contributed by atoms with Crippen LogP contribution in [0.3, 0.4) is 0 Å². The molecule has 0 spiro atoms. The molecule has 2 nitrogen and oxygen atoms in total. The standard InChI is InChI=1S/C8H15NOS/c1-3-4-8(11)7(10)5-6-9-2/h3-4,7,9-11H,1,5-6H2,2H3/b8-4-. The zero-order valence-electron chi connectivity index (χ0n) is 6.75. The SMILES string of the molecule is C=C/C=C(\S)C(O)CCNC. The Kier molecular flexibility index (Phi) is 6.31. The van der Waals surface area contributed by atoms with Crippen LogP contribution in [0, 0.1) is 0 Å². The van der Waals surface area contributed by atoms with Gasteiger partial charge >= 0.3 is 0 Å². The van der Waals surface area contributed by atoms with Crippen molar-refractivity contribution in [2.45, 2.75) is 12.5 Å². The Labute approximate surface area is 73.4 Å². The van der Waals surface area contributed by atoms with Gasteiger partial charge in [-0.25, -0.2) is 0 Å². The minimum Gasteiger partial charge on any atom is -0.388 e. The lowest BCUT2D eigenvalue weighted by molar-refractivity contribution is 0.209. The molecule has 0 saturated heterocycles. The van der Waals surface area contributed by atoms with Gasteiger partial charge in [0.1, 0.15) is 0 Å². The molecule has 0 aromatic heterocycles. The van der Waals surface area contributed by atoms with Gasteiger partial charge in [0, 0.05) is 4.91 Å². The molecule has 11 heavy (non-hydrogen) atoms. The lowest BCUT2D eigenvalue weighted by Crippen LogP contribution is -2.16. The largest absolute Gasteiger partial charge is 0.388 e. The van der Waals surface area contributed by atoms with Gasteiger partial charge in [-0.05, 0) is 20.0 Å². The Morgan fingerprint density at radius 3 is 2.91 bits per heavy atom. The molecule has 0 rings (SSSR count). The molecule has 0 aliphatic heterocycles. The Morgan fingerprint density at radius 2 is 2.45 bits per heavy atom. The highest BCUT2D eigenvalue weighted by molar-refractivity contribution is 7.84. The first-order valence-corrected chi connectivity index (χ1v) is 4.01. The quantitative estimate of drug-likeness (QED) is 0.427. The number of thiol groups is 1. The molecule has 0 bridgehead atoms. The molecular weight excluding hydrogens is 158 g/mol. The molecule has 64 valence electrons. The summed E-state index contributed by atoms with van der Waals surface area (Å²) in [6.07, 6.45) is 3.53. The number of hydrogen-bond acceptors (Lipinski definition) is 3. The van der Waals surface area contributed by atoms with Crippen LogP contribution < -0.4 is 5.32 Å². The predicted molar refractivity (Wildman–Crippen MR) is 51.8 cm³/mol. The van der Waals surface area contributed by atoms with E-state index in [-0.39, 0.29) is 0 Å². The van der Waals surface area contributed by atoms with Gasteiger partial charge in [-0.3, -0.25) is 0 Å². The van der Waals surface area contributed by atoms with Crippen LogP contribution in [-0.4, -0.2) is 24.8 Å². The number of aliphatic hydroxyl groups is 1. The van der Waals surface area contributed by atoms with E-state index in [4.69, 9.17) is 0 Å². The minimum atomic E-state index is -0.469. The van der Waals surface area contributed by atoms with E-state index < -0.39 is 6.10 Å². The third kappa shape index (κ3) is 5.07. The summed E-state index contributed by atoms with van der Waals surface area (Å²) < 4.78 is 0. The van der Waals surface area contributed by atoms with Crippen molar-refractivity contribution in [3.63, 3.8) is 0 Å². The molecule has 0 radical (unpaired) electrons. The second-order valence-corrected chi connectivity index (χ2v) is 2.75. The van der Waals surface area contributed by atoms with Crippen molar-refractivity contribution in [1.29, 1.82) is 0 Å². The topological polar surface area (TPSA) is 32.3 Å². The highest BCUT2D eigenvalue weighted by Gasteiger charge is 2.04. The Morgan fingerprint density at radius 1 is 1.82 bits per heavy atom. The summed E-state index contributed by atoms with van der Waals surface area (Å²) in [5.41, 5.74) is 0. The number of nitrogens with one attached hydrogen (secondary N) is 1. The zero-order chi connectivity index (χ0) is 8.69. The van der Waals surface area contributed by atoms with E-state index >= 15 is 0 Å². The summed E-state index contributed by atoms with van der Waals surface area (Å²) in [7, 11) is 1.85. The van der Waals surface area contributed by atoms with Crippen LogP contribution in [0.1, 0.15) is 6.42 Å². The van der Waals surface area contributed by atoms with E-state index in [1.807, 2.05) is 7.05 Å². The number of rotatable bonds is 5. The molecule has 0 saturated carbocycles. The van der Waals surface area contributed by atoms with Crippen LogP contribution in [0.2, 0.25) is 0 Å². The Hall–Kier alpha value is -0.250. The third-order valence-corrected chi connectivity index (χ3v) is 1.74. The van der Waals surface area contributed by atoms with Crippen LogP contribution in [0.25, 0.3) is 0 Å². The van der Waals surface area contributed by atoms with Crippen molar-refractivity contribution >= 4 is 12.6 Å². The fourth-order valence-corrected chi connectivity index (χ4v) is 0.895. The molecule has 3 heteroatoms. The molecular formula is C8H15NOS.